The predicted molar refractivity (Wildman–Crippen MR) is 108 cm³/mol. The highest BCUT2D eigenvalue weighted by atomic mass is 16.5. The van der Waals surface area contributed by atoms with Crippen LogP contribution in [0.25, 0.3) is 11.0 Å². The number of ether oxygens (including phenoxy) is 1. The molecule has 0 radical (unpaired) electrons. The lowest BCUT2D eigenvalue weighted by Crippen LogP contribution is -2.44. The van der Waals surface area contributed by atoms with Crippen LogP contribution in [0.2, 0.25) is 0 Å². The van der Waals surface area contributed by atoms with Gasteiger partial charge in [-0.1, -0.05) is 12.1 Å². The molecule has 0 saturated carbocycles. The molecular weight excluding hydrogens is 372 g/mol. The van der Waals surface area contributed by atoms with E-state index < -0.39 is 0 Å². The van der Waals surface area contributed by atoms with Crippen molar-refractivity contribution in [3.05, 3.63) is 64.5 Å². The number of amides is 1. The minimum Gasteiger partial charge on any atom is -0.465 e. The van der Waals surface area contributed by atoms with E-state index in [-0.39, 0.29) is 24.1 Å². The van der Waals surface area contributed by atoms with E-state index >= 15 is 0 Å². The summed E-state index contributed by atoms with van der Waals surface area (Å²) in [5.41, 5.74) is 1.02. The van der Waals surface area contributed by atoms with E-state index in [0.29, 0.717) is 30.8 Å². The summed E-state index contributed by atoms with van der Waals surface area (Å²) in [5.74, 6) is 1.42. The fraction of sp³-hybridized carbons (Fsp3) is 0.381. The van der Waals surface area contributed by atoms with Gasteiger partial charge in [0.2, 0.25) is 5.91 Å². The van der Waals surface area contributed by atoms with Crippen molar-refractivity contribution >= 4 is 16.9 Å². The molecule has 29 heavy (non-hydrogen) atoms. The molecule has 3 aromatic rings. The molecule has 1 aromatic carbocycles. The van der Waals surface area contributed by atoms with Crippen LogP contribution in [0.5, 0.6) is 0 Å². The molecule has 8 nitrogen and oxygen atoms in total. The summed E-state index contributed by atoms with van der Waals surface area (Å²) in [6.07, 6.45) is 1.25. The summed E-state index contributed by atoms with van der Waals surface area (Å²) in [4.78, 5) is 31.3. The number of morpholine rings is 1. The van der Waals surface area contributed by atoms with Gasteiger partial charge in [-0.2, -0.15) is 0 Å². The van der Waals surface area contributed by atoms with E-state index in [1.54, 1.807) is 6.07 Å². The number of hydrogen-bond acceptors (Lipinski definition) is 6. The second kappa shape index (κ2) is 8.59. The van der Waals surface area contributed by atoms with E-state index in [0.717, 1.165) is 24.6 Å². The average molecular weight is 396 g/mol. The van der Waals surface area contributed by atoms with Gasteiger partial charge in [-0.15, -0.1) is 0 Å². The van der Waals surface area contributed by atoms with Gasteiger partial charge in [-0.3, -0.25) is 19.1 Å². The predicted octanol–water partition coefficient (Wildman–Crippen LogP) is 1.49. The molecule has 8 heteroatoms. The maximum Gasteiger partial charge on any atom is 0.269 e. The summed E-state index contributed by atoms with van der Waals surface area (Å²) in [6.45, 7) is 5.09. The summed E-state index contributed by atoms with van der Waals surface area (Å²) in [6, 6.07) is 11.1. The molecule has 0 aliphatic carbocycles. The molecule has 1 fully saturated rings. The molecule has 1 N–H and O–H groups in total. The van der Waals surface area contributed by atoms with Crippen molar-refractivity contribution in [3.8, 4) is 0 Å². The number of hydrogen-bond donors (Lipinski definition) is 1. The Balaban J connectivity index is 1.48. The number of fused-ring (bicyclic) bond motifs is 1. The molecule has 1 atom stereocenters. The number of para-hydroxylation sites is 2. The number of rotatable bonds is 6. The second-order valence-electron chi connectivity index (χ2n) is 7.09. The van der Waals surface area contributed by atoms with Crippen molar-refractivity contribution < 1.29 is 13.9 Å². The quantitative estimate of drug-likeness (QED) is 0.679. The van der Waals surface area contributed by atoms with Gasteiger partial charge in [0, 0.05) is 19.6 Å². The van der Waals surface area contributed by atoms with Crippen LogP contribution in [0.4, 0.5) is 0 Å². The molecule has 1 saturated heterocycles. The Kier molecular flexibility index (Phi) is 5.73. The van der Waals surface area contributed by atoms with Crippen LogP contribution in [-0.4, -0.2) is 53.2 Å². The molecule has 1 aliphatic rings. The van der Waals surface area contributed by atoms with Crippen molar-refractivity contribution in [2.45, 2.75) is 19.5 Å². The molecule has 1 amide bonds. The first-order chi connectivity index (χ1) is 14.1. The van der Waals surface area contributed by atoms with Crippen LogP contribution >= 0.6 is 0 Å². The maximum atomic E-state index is 12.7. The summed E-state index contributed by atoms with van der Waals surface area (Å²) < 4.78 is 12.7. The van der Waals surface area contributed by atoms with E-state index in [2.05, 4.69) is 15.2 Å². The highest BCUT2D eigenvalue weighted by Gasteiger charge is 2.25. The van der Waals surface area contributed by atoms with Gasteiger partial charge < -0.3 is 14.5 Å². The number of nitrogens with zero attached hydrogens (tertiary/aromatic N) is 3. The largest absolute Gasteiger partial charge is 0.465 e. The fourth-order valence-electron chi connectivity index (χ4n) is 3.62. The fourth-order valence-corrected chi connectivity index (χ4v) is 3.62. The molecule has 0 unspecified atom stereocenters. The van der Waals surface area contributed by atoms with Crippen molar-refractivity contribution in [3.63, 3.8) is 0 Å². The second-order valence-corrected chi connectivity index (χ2v) is 7.09. The zero-order valence-corrected chi connectivity index (χ0v) is 16.3. The first kappa shape index (κ1) is 19.4. The van der Waals surface area contributed by atoms with Crippen molar-refractivity contribution in [1.82, 2.24) is 19.8 Å². The summed E-state index contributed by atoms with van der Waals surface area (Å²) >= 11 is 0. The van der Waals surface area contributed by atoms with Gasteiger partial charge >= 0.3 is 0 Å². The molecule has 2 aromatic heterocycles. The SMILES string of the molecule is Cc1ccc([C@H](CNC(=O)Cn2c(=O)cnc3ccccc32)N2CCOCC2)o1. The van der Waals surface area contributed by atoms with Gasteiger partial charge in [0.05, 0.1) is 36.5 Å². The zero-order chi connectivity index (χ0) is 20.2. The Bertz CT molecular complexity index is 1050. The van der Waals surface area contributed by atoms with Gasteiger partial charge in [0.25, 0.3) is 5.56 Å². The minimum absolute atomic E-state index is 0.0606. The lowest BCUT2D eigenvalue weighted by molar-refractivity contribution is -0.122. The Morgan fingerprint density at radius 2 is 2.00 bits per heavy atom. The van der Waals surface area contributed by atoms with Crippen LogP contribution in [0, 0.1) is 6.92 Å². The molecule has 0 spiro atoms. The highest BCUT2D eigenvalue weighted by molar-refractivity contribution is 5.79. The molecule has 0 bridgehead atoms. The molecule has 1 aliphatic heterocycles. The Morgan fingerprint density at radius 1 is 1.21 bits per heavy atom. The van der Waals surface area contributed by atoms with Crippen LogP contribution in [0.3, 0.4) is 0 Å². The number of furan rings is 1. The summed E-state index contributed by atoms with van der Waals surface area (Å²) in [7, 11) is 0. The minimum atomic E-state index is -0.301. The number of benzene rings is 1. The lowest BCUT2D eigenvalue weighted by Gasteiger charge is -2.33. The Hall–Kier alpha value is -2.97. The van der Waals surface area contributed by atoms with Crippen LogP contribution < -0.4 is 10.9 Å². The first-order valence-corrected chi connectivity index (χ1v) is 9.71. The third kappa shape index (κ3) is 4.38. The van der Waals surface area contributed by atoms with Crippen LogP contribution in [0.15, 0.2) is 51.8 Å². The highest BCUT2D eigenvalue weighted by Crippen LogP contribution is 2.23. The molecule has 4 rings (SSSR count). The van der Waals surface area contributed by atoms with Crippen molar-refractivity contribution in [1.29, 1.82) is 0 Å². The van der Waals surface area contributed by atoms with E-state index in [1.165, 1.54) is 10.8 Å². The van der Waals surface area contributed by atoms with Gasteiger partial charge in [0.1, 0.15) is 18.1 Å². The third-order valence-corrected chi connectivity index (χ3v) is 5.12. The number of aryl methyl sites for hydroxylation is 1. The normalized spacial score (nSPS) is 16.0. The lowest BCUT2D eigenvalue weighted by atomic mass is 10.1. The van der Waals surface area contributed by atoms with Crippen molar-refractivity contribution in [2.24, 2.45) is 0 Å². The topological polar surface area (TPSA) is 89.6 Å². The third-order valence-electron chi connectivity index (χ3n) is 5.12. The van der Waals surface area contributed by atoms with E-state index in [1.807, 2.05) is 37.3 Å². The Morgan fingerprint density at radius 3 is 2.76 bits per heavy atom. The maximum absolute atomic E-state index is 12.7. The van der Waals surface area contributed by atoms with Crippen molar-refractivity contribution in [2.75, 3.05) is 32.8 Å². The molecule has 3 heterocycles. The van der Waals surface area contributed by atoms with Gasteiger partial charge in [-0.05, 0) is 31.2 Å². The van der Waals surface area contributed by atoms with Gasteiger partial charge in [-0.25, -0.2) is 4.98 Å². The first-order valence-electron chi connectivity index (χ1n) is 9.71. The number of aromatic nitrogens is 2. The monoisotopic (exact) mass is 396 g/mol. The average Bonchev–Trinajstić information content (AvgIpc) is 3.17. The standard InChI is InChI=1S/C21H24N4O4/c1-15-6-7-19(29-15)18(24-8-10-28-11-9-24)12-23-20(26)14-25-17-5-3-2-4-16(17)22-13-21(25)27/h2-7,13,18H,8-12,14H2,1H3,(H,23,26)/t18-/m0/s1. The van der Waals surface area contributed by atoms with E-state index in [9.17, 15) is 9.59 Å². The van der Waals surface area contributed by atoms with Gasteiger partial charge in [0.15, 0.2) is 0 Å². The van der Waals surface area contributed by atoms with E-state index in [4.69, 9.17) is 9.15 Å². The number of nitrogens with one attached hydrogen (secondary N) is 1. The van der Waals surface area contributed by atoms with Crippen LogP contribution in [-0.2, 0) is 16.1 Å². The molecular formula is C21H24N4O4. The zero-order valence-electron chi connectivity index (χ0n) is 16.3. The molecule has 152 valence electrons. The number of carbonyl (C=O) groups is 1. The summed E-state index contributed by atoms with van der Waals surface area (Å²) in [5, 5.41) is 2.97. The van der Waals surface area contributed by atoms with Crippen LogP contribution in [0.1, 0.15) is 17.6 Å². The smallest absolute Gasteiger partial charge is 0.269 e. The number of carbonyl (C=O) groups excluding carboxylic acids is 1. The Labute approximate surface area is 168 Å².